The van der Waals surface area contributed by atoms with Gasteiger partial charge in [0.2, 0.25) is 5.91 Å². The molecule has 0 radical (unpaired) electrons. The van der Waals surface area contributed by atoms with E-state index in [1.807, 2.05) is 0 Å². The first kappa shape index (κ1) is 10.5. The number of rotatable bonds is 5. The molecule has 1 aliphatic rings. The second kappa shape index (κ2) is 5.94. The molecule has 1 unspecified atom stereocenters. The van der Waals surface area contributed by atoms with Gasteiger partial charge in [-0.25, -0.2) is 0 Å². The minimum atomic E-state index is 0.161. The molecule has 1 heterocycles. The van der Waals surface area contributed by atoms with E-state index < -0.39 is 0 Å². The number of hydrogen-bond donors (Lipinski definition) is 3. The maximum absolute atomic E-state index is 10.8. The van der Waals surface area contributed by atoms with E-state index in [-0.39, 0.29) is 12.5 Å². The van der Waals surface area contributed by atoms with Crippen LogP contribution in [0.2, 0.25) is 0 Å². The van der Waals surface area contributed by atoms with Crippen LogP contribution in [0.25, 0.3) is 0 Å². The predicted molar refractivity (Wildman–Crippen MR) is 50.4 cm³/mol. The van der Waals surface area contributed by atoms with E-state index in [1.165, 1.54) is 0 Å². The van der Waals surface area contributed by atoms with Gasteiger partial charge in [-0.3, -0.25) is 4.79 Å². The van der Waals surface area contributed by atoms with Gasteiger partial charge in [-0.2, -0.15) is 0 Å². The molecule has 1 aliphatic heterocycles. The molecular weight excluding hydrogens is 168 g/mol. The molecule has 3 N–H and O–H groups in total. The topological polar surface area (TPSA) is 61.4 Å². The van der Waals surface area contributed by atoms with Crippen LogP contribution in [0.1, 0.15) is 25.7 Å². The van der Waals surface area contributed by atoms with Crippen LogP contribution in [0.15, 0.2) is 0 Å². The minimum Gasteiger partial charge on any atom is -0.396 e. The third-order valence-corrected chi connectivity index (χ3v) is 2.28. The van der Waals surface area contributed by atoms with Gasteiger partial charge in [0.15, 0.2) is 0 Å². The van der Waals surface area contributed by atoms with Crippen molar-refractivity contribution >= 4 is 5.91 Å². The first-order valence-electron chi connectivity index (χ1n) is 4.94. The molecule has 0 aromatic heterocycles. The second-order valence-corrected chi connectivity index (χ2v) is 3.42. The van der Waals surface area contributed by atoms with E-state index in [1.54, 1.807) is 0 Å². The number of aliphatic hydroxyl groups excluding tert-OH is 1. The van der Waals surface area contributed by atoms with Crippen LogP contribution in [0.3, 0.4) is 0 Å². The van der Waals surface area contributed by atoms with Crippen molar-refractivity contribution in [3.8, 4) is 0 Å². The zero-order valence-corrected chi connectivity index (χ0v) is 7.88. The zero-order valence-electron chi connectivity index (χ0n) is 7.88. The third-order valence-electron chi connectivity index (χ3n) is 2.28. The number of carbonyl (C=O) groups is 1. The summed E-state index contributed by atoms with van der Waals surface area (Å²) in [5.74, 6) is 0.161. The summed E-state index contributed by atoms with van der Waals surface area (Å²) in [4.78, 5) is 10.8. The van der Waals surface area contributed by atoms with Crippen LogP contribution in [0.4, 0.5) is 0 Å². The average molecular weight is 186 g/mol. The number of amides is 1. The minimum absolute atomic E-state index is 0.161. The molecule has 0 aliphatic carbocycles. The van der Waals surface area contributed by atoms with E-state index in [2.05, 4.69) is 10.6 Å². The van der Waals surface area contributed by atoms with Crippen LogP contribution in [-0.2, 0) is 4.79 Å². The molecule has 0 aromatic rings. The second-order valence-electron chi connectivity index (χ2n) is 3.42. The van der Waals surface area contributed by atoms with E-state index in [0.29, 0.717) is 12.5 Å². The zero-order chi connectivity index (χ0) is 9.52. The lowest BCUT2D eigenvalue weighted by Gasteiger charge is -2.23. The Hall–Kier alpha value is -0.610. The van der Waals surface area contributed by atoms with Crippen molar-refractivity contribution in [2.45, 2.75) is 31.7 Å². The van der Waals surface area contributed by atoms with Crippen LogP contribution < -0.4 is 10.6 Å². The lowest BCUT2D eigenvalue weighted by Crippen LogP contribution is -2.45. The monoisotopic (exact) mass is 186 g/mol. The summed E-state index contributed by atoms with van der Waals surface area (Å²) < 4.78 is 0. The van der Waals surface area contributed by atoms with Gasteiger partial charge in [-0.05, 0) is 25.8 Å². The molecule has 76 valence electrons. The van der Waals surface area contributed by atoms with Crippen molar-refractivity contribution in [3.05, 3.63) is 0 Å². The third kappa shape index (κ3) is 4.24. The van der Waals surface area contributed by atoms with E-state index in [0.717, 1.165) is 32.4 Å². The van der Waals surface area contributed by atoms with Crippen molar-refractivity contribution in [1.29, 1.82) is 0 Å². The van der Waals surface area contributed by atoms with E-state index >= 15 is 0 Å². The molecule has 1 fully saturated rings. The number of hydrogen-bond acceptors (Lipinski definition) is 3. The normalized spacial score (nSPS) is 22.8. The summed E-state index contributed by atoms with van der Waals surface area (Å²) >= 11 is 0. The molecule has 4 heteroatoms. The summed E-state index contributed by atoms with van der Waals surface area (Å²) in [6.07, 6.45) is 3.43. The number of piperidine rings is 1. The summed E-state index contributed by atoms with van der Waals surface area (Å²) in [5.41, 5.74) is 0. The van der Waals surface area contributed by atoms with Crippen molar-refractivity contribution in [2.24, 2.45) is 0 Å². The quantitative estimate of drug-likeness (QED) is 0.513. The molecule has 1 amide bonds. The largest absolute Gasteiger partial charge is 0.396 e. The Bertz CT molecular complexity index is 152. The molecule has 1 atom stereocenters. The SMILES string of the molecule is O=C1CCC(NCCCCO)CN1. The van der Waals surface area contributed by atoms with Gasteiger partial charge in [-0.15, -0.1) is 0 Å². The fourth-order valence-corrected chi connectivity index (χ4v) is 1.45. The van der Waals surface area contributed by atoms with Crippen LogP contribution in [0.5, 0.6) is 0 Å². The highest BCUT2D eigenvalue weighted by molar-refractivity contribution is 5.76. The first-order chi connectivity index (χ1) is 6.33. The molecule has 0 spiro atoms. The molecule has 4 nitrogen and oxygen atoms in total. The van der Waals surface area contributed by atoms with Crippen molar-refractivity contribution < 1.29 is 9.90 Å². The highest BCUT2D eigenvalue weighted by Gasteiger charge is 2.16. The maximum atomic E-state index is 10.8. The highest BCUT2D eigenvalue weighted by atomic mass is 16.2. The van der Waals surface area contributed by atoms with Crippen LogP contribution in [0, 0.1) is 0 Å². The lowest BCUT2D eigenvalue weighted by atomic mass is 10.1. The van der Waals surface area contributed by atoms with E-state index in [9.17, 15) is 4.79 Å². The summed E-state index contributed by atoms with van der Waals surface area (Å²) in [6.45, 7) is 1.95. The summed E-state index contributed by atoms with van der Waals surface area (Å²) in [7, 11) is 0. The van der Waals surface area contributed by atoms with Gasteiger partial charge < -0.3 is 15.7 Å². The Morgan fingerprint density at radius 2 is 2.38 bits per heavy atom. The van der Waals surface area contributed by atoms with Crippen LogP contribution >= 0.6 is 0 Å². The molecule has 1 saturated heterocycles. The van der Waals surface area contributed by atoms with Gasteiger partial charge in [0.05, 0.1) is 0 Å². The number of aliphatic hydroxyl groups is 1. The predicted octanol–water partition coefficient (Wildman–Crippen LogP) is -0.373. The van der Waals surface area contributed by atoms with E-state index in [4.69, 9.17) is 5.11 Å². The fourth-order valence-electron chi connectivity index (χ4n) is 1.45. The Morgan fingerprint density at radius 1 is 1.54 bits per heavy atom. The standard InChI is InChI=1S/C9H18N2O2/c12-6-2-1-5-10-8-3-4-9(13)11-7-8/h8,10,12H,1-7H2,(H,11,13). The fraction of sp³-hybridized carbons (Fsp3) is 0.889. The molecule has 0 aromatic carbocycles. The number of nitrogens with one attached hydrogen (secondary N) is 2. The molecule has 1 rings (SSSR count). The molecule has 13 heavy (non-hydrogen) atoms. The van der Waals surface area contributed by atoms with Gasteiger partial charge in [-0.1, -0.05) is 0 Å². The van der Waals surface area contributed by atoms with Gasteiger partial charge in [0.25, 0.3) is 0 Å². The summed E-state index contributed by atoms with van der Waals surface area (Å²) in [5, 5.41) is 14.7. The van der Waals surface area contributed by atoms with Crippen LogP contribution in [-0.4, -0.2) is 36.8 Å². The Balaban J connectivity index is 1.99. The van der Waals surface area contributed by atoms with Crippen molar-refractivity contribution in [2.75, 3.05) is 19.7 Å². The first-order valence-corrected chi connectivity index (χ1v) is 4.94. The molecule has 0 saturated carbocycles. The van der Waals surface area contributed by atoms with Crippen molar-refractivity contribution in [1.82, 2.24) is 10.6 Å². The van der Waals surface area contributed by atoms with Gasteiger partial charge in [0.1, 0.15) is 0 Å². The number of carbonyl (C=O) groups excluding carboxylic acids is 1. The average Bonchev–Trinajstić information content (AvgIpc) is 2.15. The lowest BCUT2D eigenvalue weighted by molar-refractivity contribution is -0.122. The smallest absolute Gasteiger partial charge is 0.220 e. The maximum Gasteiger partial charge on any atom is 0.220 e. The number of unbranched alkanes of at least 4 members (excludes halogenated alkanes) is 1. The Kier molecular flexibility index (Phi) is 4.78. The summed E-state index contributed by atoms with van der Waals surface area (Å²) in [6, 6.07) is 0.427. The van der Waals surface area contributed by atoms with Crippen molar-refractivity contribution in [3.63, 3.8) is 0 Å². The molecule has 0 bridgehead atoms. The highest BCUT2D eigenvalue weighted by Crippen LogP contribution is 2.02. The van der Waals surface area contributed by atoms with Gasteiger partial charge >= 0.3 is 0 Å². The molecular formula is C9H18N2O2. The Morgan fingerprint density at radius 3 is 3.00 bits per heavy atom. The Labute approximate surface area is 78.7 Å². The van der Waals surface area contributed by atoms with Gasteiger partial charge in [0, 0.05) is 25.6 Å².